The predicted molar refractivity (Wildman–Crippen MR) is 140 cm³/mol. The van der Waals surface area contributed by atoms with E-state index in [9.17, 15) is 27.6 Å². The van der Waals surface area contributed by atoms with Crippen LogP contribution in [0.3, 0.4) is 0 Å². The van der Waals surface area contributed by atoms with Crippen LogP contribution < -0.4 is 5.32 Å². The Kier molecular flexibility index (Phi) is 8.61. The second kappa shape index (κ2) is 11.8. The van der Waals surface area contributed by atoms with Crippen molar-refractivity contribution < 1.29 is 32.7 Å². The second-order valence-electron chi connectivity index (χ2n) is 10.6. The third kappa shape index (κ3) is 6.59. The van der Waals surface area contributed by atoms with Gasteiger partial charge in [0.25, 0.3) is 11.8 Å². The van der Waals surface area contributed by atoms with Gasteiger partial charge in [-0.3, -0.25) is 19.4 Å². The Morgan fingerprint density at radius 2 is 1.95 bits per heavy atom. The van der Waals surface area contributed by atoms with Crippen LogP contribution in [0, 0.1) is 11.8 Å². The molecule has 1 aromatic rings. The van der Waals surface area contributed by atoms with Gasteiger partial charge in [0, 0.05) is 30.1 Å². The second-order valence-corrected chi connectivity index (χ2v) is 10.6. The van der Waals surface area contributed by atoms with Gasteiger partial charge in [-0.15, -0.1) is 0 Å². The maximum atomic E-state index is 13.7. The minimum Gasteiger partial charge on any atom is -0.481 e. The number of nitrogens with one attached hydrogen (secondary N) is 1. The Morgan fingerprint density at radius 3 is 2.59 bits per heavy atom. The number of allylic oxidation sites excluding steroid dienone is 2. The number of rotatable bonds is 9. The van der Waals surface area contributed by atoms with Crippen molar-refractivity contribution >= 4 is 23.5 Å². The van der Waals surface area contributed by atoms with Crippen LogP contribution >= 0.6 is 0 Å². The fourth-order valence-corrected chi connectivity index (χ4v) is 5.71. The minimum absolute atomic E-state index is 0.0494. The van der Waals surface area contributed by atoms with Crippen LogP contribution in [0.25, 0.3) is 0 Å². The molecule has 210 valence electrons. The maximum absolute atomic E-state index is 13.7. The van der Waals surface area contributed by atoms with Crippen LogP contribution in [0.5, 0.6) is 0 Å². The number of carbonyl (C=O) groups excluding carboxylic acids is 2. The summed E-state index contributed by atoms with van der Waals surface area (Å²) in [6.45, 7) is 2.37. The Morgan fingerprint density at radius 1 is 1.21 bits per heavy atom. The van der Waals surface area contributed by atoms with Gasteiger partial charge < -0.3 is 15.3 Å². The average molecular weight is 546 g/mol. The summed E-state index contributed by atoms with van der Waals surface area (Å²) >= 11 is 0. The molecule has 0 spiro atoms. The Labute approximate surface area is 225 Å². The molecule has 10 heteroatoms. The number of nitrogens with zero attached hydrogens (tertiary/aromatic N) is 2. The fraction of sp³-hybridized carbons (Fsp3) is 0.517. The Balaban J connectivity index is 1.47. The molecule has 1 aromatic carbocycles. The number of aliphatic carboxylic acids is 1. The molecular formula is C29H34F3N3O4. The zero-order valence-corrected chi connectivity index (χ0v) is 22.0. The van der Waals surface area contributed by atoms with E-state index in [4.69, 9.17) is 10.1 Å². The van der Waals surface area contributed by atoms with Gasteiger partial charge in [-0.1, -0.05) is 49.6 Å². The van der Waals surface area contributed by atoms with E-state index < -0.39 is 23.4 Å². The number of halogens is 3. The summed E-state index contributed by atoms with van der Waals surface area (Å²) in [5.74, 6) is -1.47. The summed E-state index contributed by atoms with van der Waals surface area (Å²) in [6, 6.07) is 4.81. The lowest BCUT2D eigenvalue weighted by atomic mass is 9.80. The van der Waals surface area contributed by atoms with Crippen LogP contribution in [-0.4, -0.2) is 52.3 Å². The van der Waals surface area contributed by atoms with E-state index in [1.807, 2.05) is 13.0 Å². The number of benzene rings is 1. The maximum Gasteiger partial charge on any atom is 0.416 e. The zero-order valence-electron chi connectivity index (χ0n) is 22.0. The molecule has 2 aliphatic carbocycles. The number of carboxylic acid groups (broad SMARTS) is 1. The van der Waals surface area contributed by atoms with Gasteiger partial charge in [-0.25, -0.2) is 0 Å². The topological polar surface area (TPSA) is 99.1 Å². The van der Waals surface area contributed by atoms with Crippen LogP contribution in [0.4, 0.5) is 13.2 Å². The van der Waals surface area contributed by atoms with Gasteiger partial charge in [0.15, 0.2) is 0 Å². The number of aliphatic imine (C=N–C) groups is 1. The Bertz CT molecular complexity index is 1200. The van der Waals surface area contributed by atoms with Gasteiger partial charge in [0.2, 0.25) is 0 Å². The minimum atomic E-state index is -4.52. The molecule has 2 unspecified atom stereocenters. The van der Waals surface area contributed by atoms with Crippen molar-refractivity contribution in [2.24, 2.45) is 16.8 Å². The van der Waals surface area contributed by atoms with E-state index in [2.05, 4.69) is 5.32 Å². The summed E-state index contributed by atoms with van der Waals surface area (Å²) in [7, 11) is 0. The first-order chi connectivity index (χ1) is 18.5. The standard InChI is InChI=1S/C29H34F3N3O4/c1-28(22-7-3-2-4-8-22)34-25(21-6-5-9-23(18-21)29(30,31)32)27(39)35(28)17-15-19-10-12-20(13-11-19)26(38)33-16-14-24(36)37/h5-6,9-10,12-13,18-19,22H,2-4,7-8,11,14-17H2,1H3,(H,33,38)(H,36,37). The normalized spacial score (nSPS) is 23.9. The monoisotopic (exact) mass is 545 g/mol. The van der Waals surface area contributed by atoms with Crippen molar-refractivity contribution in [3.8, 4) is 0 Å². The average Bonchev–Trinajstić information content (AvgIpc) is 3.18. The van der Waals surface area contributed by atoms with Crippen molar-refractivity contribution in [2.75, 3.05) is 13.1 Å². The highest BCUT2D eigenvalue weighted by Crippen LogP contribution is 2.42. The molecule has 3 aliphatic rings. The first-order valence-electron chi connectivity index (χ1n) is 13.5. The molecule has 1 fully saturated rings. The zero-order chi connectivity index (χ0) is 28.2. The molecule has 0 radical (unpaired) electrons. The highest BCUT2D eigenvalue weighted by atomic mass is 19.4. The van der Waals surface area contributed by atoms with Gasteiger partial charge >= 0.3 is 12.1 Å². The first-order valence-corrected chi connectivity index (χ1v) is 13.5. The lowest BCUT2D eigenvalue weighted by molar-refractivity contribution is -0.138. The van der Waals surface area contributed by atoms with Gasteiger partial charge in [-0.2, -0.15) is 13.2 Å². The van der Waals surface area contributed by atoms with E-state index in [1.54, 1.807) is 17.1 Å². The summed E-state index contributed by atoms with van der Waals surface area (Å²) < 4.78 is 40.1. The molecule has 0 bridgehead atoms. The van der Waals surface area contributed by atoms with Crippen molar-refractivity contribution in [3.63, 3.8) is 0 Å². The van der Waals surface area contributed by atoms with E-state index in [1.165, 1.54) is 12.1 Å². The molecule has 39 heavy (non-hydrogen) atoms. The molecule has 7 nitrogen and oxygen atoms in total. The van der Waals surface area contributed by atoms with E-state index >= 15 is 0 Å². The number of amides is 2. The third-order valence-corrected chi connectivity index (χ3v) is 7.97. The molecule has 4 rings (SSSR count). The first kappa shape index (κ1) is 28.6. The predicted octanol–water partition coefficient (Wildman–Crippen LogP) is 5.12. The number of carbonyl (C=O) groups is 3. The van der Waals surface area contributed by atoms with E-state index in [-0.39, 0.29) is 47.9 Å². The quantitative estimate of drug-likeness (QED) is 0.450. The number of alkyl halides is 3. The SMILES string of the molecule is CC1(C2CCCCC2)N=C(c2cccc(C(F)(F)F)c2)C(=O)N1CCC1C=CC(C(=O)NCCC(=O)O)=CC1. The highest BCUT2D eigenvalue weighted by molar-refractivity contribution is 6.46. The summed E-state index contributed by atoms with van der Waals surface area (Å²) in [4.78, 5) is 43.2. The molecule has 2 amide bonds. The van der Waals surface area contributed by atoms with Crippen LogP contribution in [0.2, 0.25) is 0 Å². The number of carboxylic acids is 1. The van der Waals surface area contributed by atoms with Gasteiger partial charge in [-0.05, 0) is 50.7 Å². The highest BCUT2D eigenvalue weighted by Gasteiger charge is 2.49. The molecule has 0 saturated heterocycles. The van der Waals surface area contributed by atoms with Crippen molar-refractivity contribution in [1.82, 2.24) is 10.2 Å². The smallest absolute Gasteiger partial charge is 0.416 e. The lowest BCUT2D eigenvalue weighted by Crippen LogP contribution is -2.50. The molecule has 1 heterocycles. The number of hydrogen-bond donors (Lipinski definition) is 2. The molecule has 1 saturated carbocycles. The molecule has 0 aromatic heterocycles. The van der Waals surface area contributed by atoms with Crippen LogP contribution in [0.1, 0.15) is 69.4 Å². The van der Waals surface area contributed by atoms with Crippen molar-refractivity contribution in [2.45, 2.75) is 70.1 Å². The van der Waals surface area contributed by atoms with Crippen molar-refractivity contribution in [1.29, 1.82) is 0 Å². The van der Waals surface area contributed by atoms with Crippen LogP contribution in [0.15, 0.2) is 53.1 Å². The summed E-state index contributed by atoms with van der Waals surface area (Å²) in [5, 5.41) is 11.3. The largest absolute Gasteiger partial charge is 0.481 e. The lowest BCUT2D eigenvalue weighted by Gasteiger charge is -2.41. The molecule has 1 aliphatic heterocycles. The fourth-order valence-electron chi connectivity index (χ4n) is 5.71. The summed E-state index contributed by atoms with van der Waals surface area (Å²) in [5.41, 5.74) is -0.914. The van der Waals surface area contributed by atoms with Gasteiger partial charge in [0.05, 0.1) is 12.0 Å². The van der Waals surface area contributed by atoms with E-state index in [0.29, 0.717) is 25.0 Å². The van der Waals surface area contributed by atoms with Gasteiger partial charge in [0.1, 0.15) is 11.4 Å². The summed E-state index contributed by atoms with van der Waals surface area (Å²) in [6.07, 6.45) is 6.96. The molecule has 2 atom stereocenters. The van der Waals surface area contributed by atoms with Crippen molar-refractivity contribution in [3.05, 3.63) is 59.2 Å². The molecule has 2 N–H and O–H groups in total. The third-order valence-electron chi connectivity index (χ3n) is 7.97. The van der Waals surface area contributed by atoms with Crippen LogP contribution in [-0.2, 0) is 20.6 Å². The van der Waals surface area contributed by atoms with E-state index in [0.717, 1.165) is 44.2 Å². The molecular weight excluding hydrogens is 511 g/mol. The number of hydrogen-bond acceptors (Lipinski definition) is 4. The Hall–Kier alpha value is -3.43.